The zero-order valence-corrected chi connectivity index (χ0v) is 17.9. The molecule has 2 rings (SSSR count). The van der Waals surface area contributed by atoms with E-state index in [1.54, 1.807) is 14.2 Å². The fourth-order valence-corrected chi connectivity index (χ4v) is 4.92. The van der Waals surface area contributed by atoms with Gasteiger partial charge in [0.2, 0.25) is 0 Å². The molecule has 0 aliphatic rings. The molecule has 2 aromatic carbocycles. The summed E-state index contributed by atoms with van der Waals surface area (Å²) in [6, 6.07) is 20.5. The van der Waals surface area contributed by atoms with Crippen molar-refractivity contribution in [1.82, 2.24) is 0 Å². The number of hydrogen-bond donors (Lipinski definition) is 0. The van der Waals surface area contributed by atoms with Crippen LogP contribution < -0.4 is 0 Å². The van der Waals surface area contributed by atoms with E-state index in [-0.39, 0.29) is 6.10 Å². The van der Waals surface area contributed by atoms with Crippen LogP contribution in [-0.4, -0.2) is 55.1 Å². The summed E-state index contributed by atoms with van der Waals surface area (Å²) in [7, 11) is 3.50. The monoisotopic (exact) mass is 438 g/mol. The van der Waals surface area contributed by atoms with Crippen molar-refractivity contribution in [2.24, 2.45) is 0 Å². The van der Waals surface area contributed by atoms with Gasteiger partial charge in [-0.15, -0.1) is 0 Å². The van der Waals surface area contributed by atoms with Crippen LogP contribution >= 0.6 is 0 Å². The summed E-state index contributed by atoms with van der Waals surface area (Å²) in [6.07, 6.45) is 0.113. The molecule has 0 radical (unpaired) electrons. The van der Waals surface area contributed by atoms with Gasteiger partial charge in [-0.05, 0) is 0 Å². The van der Waals surface area contributed by atoms with Crippen LogP contribution in [0.2, 0.25) is 10.1 Å². The van der Waals surface area contributed by atoms with Crippen molar-refractivity contribution in [3.05, 3.63) is 71.8 Å². The van der Waals surface area contributed by atoms with Crippen LogP contribution in [-0.2, 0) is 32.2 Å². The summed E-state index contributed by atoms with van der Waals surface area (Å²) in [4.78, 5) is 0.415. The van der Waals surface area contributed by atoms with Crippen molar-refractivity contribution in [2.45, 2.75) is 29.5 Å². The fourth-order valence-electron chi connectivity index (χ4n) is 2.52. The molecule has 0 aliphatic carbocycles. The van der Waals surface area contributed by atoms with E-state index < -0.39 is 0 Å². The average Bonchev–Trinajstić information content (AvgIpc) is 2.72. The van der Waals surface area contributed by atoms with Crippen LogP contribution in [0, 0.1) is 0 Å². The van der Waals surface area contributed by atoms with Gasteiger partial charge >= 0.3 is 169 Å². The van der Waals surface area contributed by atoms with Crippen molar-refractivity contribution in [3.63, 3.8) is 0 Å². The Balaban J connectivity index is 1.67. The number of rotatable bonds is 14. The Morgan fingerprint density at radius 3 is 1.81 bits per heavy atom. The van der Waals surface area contributed by atoms with Crippen molar-refractivity contribution in [1.29, 1.82) is 0 Å². The number of benzene rings is 2. The van der Waals surface area contributed by atoms with E-state index in [9.17, 15) is 0 Å². The molecule has 0 N–H and O–H groups in total. The molecule has 0 heterocycles. The molecule has 4 nitrogen and oxygen atoms in total. The molecule has 0 saturated carbocycles. The van der Waals surface area contributed by atoms with E-state index in [4.69, 9.17) is 18.9 Å². The van der Waals surface area contributed by atoms with E-state index >= 15 is 0 Å². The minimum atomic E-state index is 0.113. The van der Waals surface area contributed by atoms with E-state index in [0.29, 0.717) is 46.2 Å². The summed E-state index contributed by atoms with van der Waals surface area (Å²) in [6.45, 7) is 3.30. The second-order valence-electron chi connectivity index (χ2n) is 6.27. The molecule has 0 bridgehead atoms. The summed E-state index contributed by atoms with van der Waals surface area (Å²) in [5, 5.41) is 0.987. The first-order chi connectivity index (χ1) is 13.3. The molecule has 2 unspecified atom stereocenters. The first-order valence-electron chi connectivity index (χ1n) is 9.18. The van der Waals surface area contributed by atoms with Gasteiger partial charge in [-0.2, -0.15) is 0 Å². The third kappa shape index (κ3) is 9.52. The van der Waals surface area contributed by atoms with Crippen LogP contribution in [0.3, 0.4) is 0 Å². The molecular weight excluding hydrogens is 407 g/mol. The van der Waals surface area contributed by atoms with Crippen LogP contribution in [0.4, 0.5) is 0 Å². The Morgan fingerprint density at radius 1 is 0.741 bits per heavy atom. The van der Waals surface area contributed by atoms with E-state index in [1.807, 2.05) is 36.4 Å². The summed E-state index contributed by atoms with van der Waals surface area (Å²) in [5.41, 5.74) is 2.38. The van der Waals surface area contributed by atoms with Gasteiger partial charge in [0.15, 0.2) is 0 Å². The molecule has 0 saturated heterocycles. The minimum absolute atomic E-state index is 0.113. The average molecular weight is 437 g/mol. The normalized spacial score (nSPS) is 13.4. The summed E-state index contributed by atoms with van der Waals surface area (Å²) in [5.74, 6) is 0. The summed E-state index contributed by atoms with van der Waals surface area (Å²) < 4.78 is 22.7. The zero-order chi connectivity index (χ0) is 19.2. The second-order valence-corrected chi connectivity index (χ2v) is 9.07. The van der Waals surface area contributed by atoms with Crippen molar-refractivity contribution >= 4 is 15.0 Å². The Bertz CT molecular complexity index is 594. The van der Waals surface area contributed by atoms with Gasteiger partial charge in [0.05, 0.1) is 0 Å². The predicted molar refractivity (Wildman–Crippen MR) is 109 cm³/mol. The topological polar surface area (TPSA) is 36.9 Å². The Morgan fingerprint density at radius 2 is 1.30 bits per heavy atom. The molecule has 0 spiro atoms. The molecular formula is C22H30O4Se. The SMILES string of the molecule is COCC(COCc1ccccc1)[Se]CC(COCc1ccccc1)OC. The van der Waals surface area contributed by atoms with Crippen molar-refractivity contribution in [2.75, 3.05) is 34.0 Å². The molecule has 27 heavy (non-hydrogen) atoms. The standard InChI is InChI=1S/C22H30O4Se/c1-23-16-22(17-26-14-20-11-7-4-8-12-20)27-18-21(24-2)15-25-13-19-9-5-3-6-10-19/h3-12,21-22H,13-18H2,1-2H3. The number of ether oxygens (including phenoxy) is 4. The van der Waals surface area contributed by atoms with Crippen LogP contribution in [0.25, 0.3) is 0 Å². The molecule has 148 valence electrons. The van der Waals surface area contributed by atoms with Crippen LogP contribution in [0.1, 0.15) is 11.1 Å². The van der Waals surface area contributed by atoms with Crippen LogP contribution in [0.5, 0.6) is 0 Å². The van der Waals surface area contributed by atoms with Gasteiger partial charge in [0.1, 0.15) is 0 Å². The molecule has 5 heteroatoms. The fraction of sp³-hybridized carbons (Fsp3) is 0.455. The maximum absolute atomic E-state index is 5.90. The van der Waals surface area contributed by atoms with Gasteiger partial charge in [0.25, 0.3) is 0 Å². The molecule has 0 aromatic heterocycles. The third-order valence-corrected chi connectivity index (χ3v) is 6.78. The quantitative estimate of drug-likeness (QED) is 0.419. The summed E-state index contributed by atoms with van der Waals surface area (Å²) >= 11 is 0.365. The number of methoxy groups -OCH3 is 2. The molecule has 2 atom stereocenters. The van der Waals surface area contributed by atoms with E-state index in [2.05, 4.69) is 24.3 Å². The zero-order valence-electron chi connectivity index (χ0n) is 16.2. The molecule has 0 amide bonds. The maximum atomic E-state index is 5.90. The van der Waals surface area contributed by atoms with Crippen molar-refractivity contribution in [3.8, 4) is 0 Å². The first kappa shape index (κ1) is 22.1. The third-order valence-electron chi connectivity index (χ3n) is 4.03. The second kappa shape index (κ2) is 13.9. The van der Waals surface area contributed by atoms with Gasteiger partial charge < -0.3 is 0 Å². The van der Waals surface area contributed by atoms with Gasteiger partial charge in [-0.3, -0.25) is 0 Å². The molecule has 0 fully saturated rings. The van der Waals surface area contributed by atoms with Crippen molar-refractivity contribution < 1.29 is 18.9 Å². The van der Waals surface area contributed by atoms with Gasteiger partial charge in [0, 0.05) is 0 Å². The van der Waals surface area contributed by atoms with Gasteiger partial charge in [-0.1, -0.05) is 0 Å². The predicted octanol–water partition coefficient (Wildman–Crippen LogP) is 3.99. The number of hydrogen-bond acceptors (Lipinski definition) is 4. The van der Waals surface area contributed by atoms with E-state index in [1.165, 1.54) is 11.1 Å². The molecule has 2 aromatic rings. The first-order valence-corrected chi connectivity index (χ1v) is 11.4. The molecule has 0 aliphatic heterocycles. The van der Waals surface area contributed by atoms with Gasteiger partial charge in [-0.25, -0.2) is 0 Å². The van der Waals surface area contributed by atoms with Crippen LogP contribution in [0.15, 0.2) is 60.7 Å². The Hall–Kier alpha value is -1.20. The van der Waals surface area contributed by atoms with E-state index in [0.717, 1.165) is 11.9 Å². The Kier molecular flexibility index (Phi) is 11.4. The Labute approximate surface area is 169 Å².